The van der Waals surface area contributed by atoms with E-state index in [2.05, 4.69) is 19.9 Å². The lowest BCUT2D eigenvalue weighted by Crippen LogP contribution is -2.47. The molecule has 1 saturated heterocycles. The molecule has 0 bridgehead atoms. The maximum atomic E-state index is 14.3. The zero-order chi connectivity index (χ0) is 18.9. The minimum absolute atomic E-state index is 0.130. The Morgan fingerprint density at radius 1 is 1.15 bits per heavy atom. The van der Waals surface area contributed by atoms with Crippen LogP contribution in [0, 0.1) is 12.7 Å². The third-order valence-electron chi connectivity index (χ3n) is 4.49. The van der Waals surface area contributed by atoms with E-state index in [1.807, 2.05) is 0 Å². The van der Waals surface area contributed by atoms with E-state index in [1.165, 1.54) is 6.33 Å². The summed E-state index contributed by atoms with van der Waals surface area (Å²) in [6, 6.07) is 0.795. The molecular formula is C16H18F4N6. The highest BCUT2D eigenvalue weighted by Gasteiger charge is 2.34. The Morgan fingerprint density at radius 2 is 1.88 bits per heavy atom. The first-order valence-corrected chi connectivity index (χ1v) is 8.11. The van der Waals surface area contributed by atoms with Gasteiger partial charge in [-0.25, -0.2) is 24.3 Å². The number of anilines is 2. The lowest BCUT2D eigenvalue weighted by Gasteiger charge is -2.38. The Balaban J connectivity index is 1.80. The Bertz CT molecular complexity index is 782. The van der Waals surface area contributed by atoms with Crippen LogP contribution in [-0.2, 0) is 6.18 Å². The van der Waals surface area contributed by atoms with Crippen molar-refractivity contribution >= 4 is 11.6 Å². The van der Waals surface area contributed by atoms with Crippen LogP contribution in [0.1, 0.15) is 24.2 Å². The summed E-state index contributed by atoms with van der Waals surface area (Å²) in [5.74, 6) is -0.0787. The third kappa shape index (κ3) is 3.68. The van der Waals surface area contributed by atoms with Gasteiger partial charge in [0.2, 0.25) is 0 Å². The topological polar surface area (TPSA) is 58.0 Å². The fourth-order valence-electron chi connectivity index (χ4n) is 3.01. The standard InChI is InChI=1S/C16H18F4N6/c1-10-14(17)15(24-8-21-10)26-5-3-4-11(7-26)25(2)13-6-12(16(18,19)20)22-9-23-13/h6,8-9,11H,3-5,7H2,1-2H3. The number of rotatable bonds is 3. The molecule has 1 aliphatic heterocycles. The summed E-state index contributed by atoms with van der Waals surface area (Å²) in [6.07, 6.45) is -0.804. The van der Waals surface area contributed by atoms with Crippen molar-refractivity contribution in [3.8, 4) is 0 Å². The molecule has 140 valence electrons. The second-order valence-electron chi connectivity index (χ2n) is 6.21. The number of alkyl halides is 3. The van der Waals surface area contributed by atoms with E-state index in [4.69, 9.17) is 0 Å². The van der Waals surface area contributed by atoms with Crippen LogP contribution in [-0.4, -0.2) is 46.1 Å². The Morgan fingerprint density at radius 3 is 2.62 bits per heavy atom. The molecule has 0 saturated carbocycles. The summed E-state index contributed by atoms with van der Waals surface area (Å²) in [5.41, 5.74) is -0.726. The van der Waals surface area contributed by atoms with E-state index in [-0.39, 0.29) is 23.4 Å². The van der Waals surface area contributed by atoms with Crippen LogP contribution in [0.25, 0.3) is 0 Å². The largest absolute Gasteiger partial charge is 0.433 e. The highest BCUT2D eigenvalue weighted by molar-refractivity contribution is 5.45. The first kappa shape index (κ1) is 18.3. The fraction of sp³-hybridized carbons (Fsp3) is 0.500. The maximum absolute atomic E-state index is 14.3. The molecule has 0 spiro atoms. The summed E-state index contributed by atoms with van der Waals surface area (Å²) < 4.78 is 52.9. The van der Waals surface area contributed by atoms with Gasteiger partial charge in [-0.2, -0.15) is 13.2 Å². The van der Waals surface area contributed by atoms with Crippen LogP contribution >= 0.6 is 0 Å². The van der Waals surface area contributed by atoms with Crippen LogP contribution in [0.4, 0.5) is 29.2 Å². The average molecular weight is 370 g/mol. The molecule has 3 rings (SSSR count). The maximum Gasteiger partial charge on any atom is 0.433 e. The van der Waals surface area contributed by atoms with Crippen molar-refractivity contribution in [2.24, 2.45) is 0 Å². The van der Waals surface area contributed by atoms with E-state index >= 15 is 0 Å². The van der Waals surface area contributed by atoms with Gasteiger partial charge in [0.05, 0.1) is 5.69 Å². The summed E-state index contributed by atoms with van der Waals surface area (Å²) >= 11 is 0. The van der Waals surface area contributed by atoms with Crippen molar-refractivity contribution < 1.29 is 17.6 Å². The summed E-state index contributed by atoms with van der Waals surface area (Å²) in [4.78, 5) is 18.5. The van der Waals surface area contributed by atoms with Crippen molar-refractivity contribution in [1.29, 1.82) is 0 Å². The molecule has 1 unspecified atom stereocenters. The summed E-state index contributed by atoms with van der Waals surface area (Å²) in [5, 5.41) is 0. The Kier molecular flexibility index (Phi) is 4.92. The molecule has 0 aromatic carbocycles. The number of piperidine rings is 1. The van der Waals surface area contributed by atoms with Crippen molar-refractivity contribution in [3.63, 3.8) is 0 Å². The first-order valence-electron chi connectivity index (χ1n) is 8.11. The van der Waals surface area contributed by atoms with Gasteiger partial charge < -0.3 is 9.80 Å². The van der Waals surface area contributed by atoms with Crippen LogP contribution < -0.4 is 9.80 Å². The minimum atomic E-state index is -4.53. The highest BCUT2D eigenvalue weighted by atomic mass is 19.4. The molecule has 0 radical (unpaired) electrons. The van der Waals surface area contributed by atoms with Gasteiger partial charge in [-0.15, -0.1) is 0 Å². The Labute approximate surface area is 147 Å². The molecule has 0 N–H and O–H groups in total. The molecular weight excluding hydrogens is 352 g/mol. The quantitative estimate of drug-likeness (QED) is 0.775. The van der Waals surface area contributed by atoms with E-state index in [1.54, 1.807) is 23.8 Å². The zero-order valence-corrected chi connectivity index (χ0v) is 14.3. The van der Waals surface area contributed by atoms with Gasteiger partial charge in [0.1, 0.15) is 24.2 Å². The van der Waals surface area contributed by atoms with Gasteiger partial charge in [0, 0.05) is 32.2 Å². The number of hydrogen-bond donors (Lipinski definition) is 0. The predicted octanol–water partition coefficient (Wildman–Crippen LogP) is 2.84. The summed E-state index contributed by atoms with van der Waals surface area (Å²) in [7, 11) is 1.68. The molecule has 2 aromatic heterocycles. The van der Waals surface area contributed by atoms with Gasteiger partial charge >= 0.3 is 6.18 Å². The number of likely N-dealkylation sites (N-methyl/N-ethyl adjacent to an activating group) is 1. The lowest BCUT2D eigenvalue weighted by atomic mass is 10.0. The molecule has 0 amide bonds. The van der Waals surface area contributed by atoms with Gasteiger partial charge in [0.15, 0.2) is 11.6 Å². The SMILES string of the molecule is Cc1ncnc(N2CCCC(N(C)c3cc(C(F)(F)F)ncn3)C2)c1F. The third-order valence-corrected chi connectivity index (χ3v) is 4.49. The fourth-order valence-corrected chi connectivity index (χ4v) is 3.01. The van der Waals surface area contributed by atoms with Crippen molar-refractivity contribution in [2.75, 3.05) is 29.9 Å². The molecule has 1 aliphatic rings. The number of aromatic nitrogens is 4. The van der Waals surface area contributed by atoms with Gasteiger partial charge in [-0.3, -0.25) is 0 Å². The predicted molar refractivity (Wildman–Crippen MR) is 87.4 cm³/mol. The Hall–Kier alpha value is -2.52. The molecule has 2 aromatic rings. The van der Waals surface area contributed by atoms with Gasteiger partial charge in [-0.05, 0) is 19.8 Å². The first-order chi connectivity index (χ1) is 12.3. The van der Waals surface area contributed by atoms with Crippen molar-refractivity contribution in [3.05, 3.63) is 35.9 Å². The zero-order valence-electron chi connectivity index (χ0n) is 14.3. The van der Waals surface area contributed by atoms with Gasteiger partial charge in [0.25, 0.3) is 0 Å². The number of hydrogen-bond acceptors (Lipinski definition) is 6. The van der Waals surface area contributed by atoms with Crippen molar-refractivity contribution in [2.45, 2.75) is 32.0 Å². The second-order valence-corrected chi connectivity index (χ2v) is 6.21. The van der Waals surface area contributed by atoms with E-state index in [0.29, 0.717) is 13.1 Å². The van der Waals surface area contributed by atoms with Crippen LogP contribution in [0.3, 0.4) is 0 Å². The molecule has 10 heteroatoms. The highest BCUT2D eigenvalue weighted by Crippen LogP contribution is 2.30. The van der Waals surface area contributed by atoms with Crippen LogP contribution in [0.5, 0.6) is 0 Å². The normalized spacial score (nSPS) is 18.1. The molecule has 1 fully saturated rings. The second kappa shape index (κ2) is 7.00. The molecule has 1 atom stereocenters. The van der Waals surface area contributed by atoms with E-state index in [0.717, 1.165) is 25.2 Å². The number of nitrogens with zero attached hydrogens (tertiary/aromatic N) is 6. The average Bonchev–Trinajstić information content (AvgIpc) is 2.63. The molecule has 3 heterocycles. The summed E-state index contributed by atoms with van der Waals surface area (Å²) in [6.45, 7) is 2.61. The molecule has 26 heavy (non-hydrogen) atoms. The monoisotopic (exact) mass is 370 g/mol. The minimum Gasteiger partial charge on any atom is -0.355 e. The molecule has 0 aliphatic carbocycles. The van der Waals surface area contributed by atoms with E-state index < -0.39 is 17.7 Å². The lowest BCUT2D eigenvalue weighted by molar-refractivity contribution is -0.141. The van der Waals surface area contributed by atoms with Crippen LogP contribution in [0.2, 0.25) is 0 Å². The number of halogens is 4. The van der Waals surface area contributed by atoms with Crippen LogP contribution in [0.15, 0.2) is 18.7 Å². The van der Waals surface area contributed by atoms with Gasteiger partial charge in [-0.1, -0.05) is 0 Å². The van der Waals surface area contributed by atoms with E-state index in [9.17, 15) is 17.6 Å². The van der Waals surface area contributed by atoms with Crippen molar-refractivity contribution in [1.82, 2.24) is 19.9 Å². The molecule has 6 nitrogen and oxygen atoms in total. The number of aryl methyl sites for hydroxylation is 1. The smallest absolute Gasteiger partial charge is 0.355 e.